The average Bonchev–Trinajstić information content (AvgIpc) is 3.35. The molecule has 192 valence electrons. The van der Waals surface area contributed by atoms with Gasteiger partial charge in [0.25, 0.3) is 5.91 Å². The van der Waals surface area contributed by atoms with Crippen molar-refractivity contribution in [1.29, 1.82) is 0 Å². The lowest BCUT2D eigenvalue weighted by Crippen LogP contribution is -2.57. The normalized spacial score (nSPS) is 32.3. The number of phenolic OH excluding ortho intramolecular Hbond substituents is 1. The third-order valence-electron chi connectivity index (χ3n) is 8.30. The second-order valence-corrected chi connectivity index (χ2v) is 10.3. The number of hydrogen-bond donors (Lipinski definition) is 6. The molecular weight excluding hydrogens is 466 g/mol. The molecule has 1 amide bonds. The van der Waals surface area contributed by atoms with Gasteiger partial charge in [-0.15, -0.1) is 0 Å². The van der Waals surface area contributed by atoms with Gasteiger partial charge in [-0.25, -0.2) is 0 Å². The highest BCUT2D eigenvalue weighted by atomic mass is 16.3. The Balaban J connectivity index is 1.56. The molecule has 1 aliphatic heterocycles. The minimum atomic E-state index is -1.63. The highest BCUT2D eigenvalue weighted by Crippen LogP contribution is 2.55. The Morgan fingerprint density at radius 1 is 1.14 bits per heavy atom. The molecule has 5 unspecified atom stereocenters. The van der Waals surface area contributed by atoms with Gasteiger partial charge in [-0.3, -0.25) is 19.3 Å². The number of aliphatic hydroxyl groups is 3. The number of aliphatic hydroxyl groups excluding tert-OH is 2. The summed E-state index contributed by atoms with van der Waals surface area (Å²) in [6.45, 7) is 3.37. The number of ketones is 2. The minimum absolute atomic E-state index is 0.0454. The first-order valence-electron chi connectivity index (χ1n) is 12.3. The van der Waals surface area contributed by atoms with Crippen LogP contribution in [0, 0.1) is 17.8 Å². The molecule has 4 aliphatic rings. The number of nitrogens with one attached hydrogen (secondary N) is 2. The van der Waals surface area contributed by atoms with Gasteiger partial charge in [0, 0.05) is 11.5 Å². The van der Waals surface area contributed by atoms with Crippen LogP contribution < -0.4 is 10.6 Å². The first-order valence-corrected chi connectivity index (χ1v) is 12.3. The van der Waals surface area contributed by atoms with Crippen LogP contribution in [0.4, 0.5) is 0 Å². The van der Waals surface area contributed by atoms with Gasteiger partial charge < -0.3 is 31.1 Å². The Kier molecular flexibility index (Phi) is 5.93. The Hall–Kier alpha value is -3.21. The van der Waals surface area contributed by atoms with Crippen molar-refractivity contribution in [3.05, 3.63) is 46.2 Å². The Morgan fingerprint density at radius 3 is 2.50 bits per heavy atom. The van der Waals surface area contributed by atoms with Crippen molar-refractivity contribution in [3.63, 3.8) is 0 Å². The fraction of sp³-hybridized carbons (Fsp3) is 0.500. The summed E-state index contributed by atoms with van der Waals surface area (Å²) in [6, 6.07) is 3.57. The third-order valence-corrected chi connectivity index (χ3v) is 8.30. The van der Waals surface area contributed by atoms with Crippen LogP contribution in [-0.4, -0.2) is 75.6 Å². The van der Waals surface area contributed by atoms with E-state index in [1.807, 2.05) is 4.90 Å². The molecule has 0 radical (unpaired) electrons. The quantitative estimate of drug-likeness (QED) is 0.262. The number of amides is 1. The van der Waals surface area contributed by atoms with E-state index < -0.39 is 64.0 Å². The van der Waals surface area contributed by atoms with Crippen molar-refractivity contribution in [2.45, 2.75) is 37.8 Å². The van der Waals surface area contributed by atoms with Crippen LogP contribution >= 0.6 is 0 Å². The molecule has 1 saturated heterocycles. The highest BCUT2D eigenvalue weighted by molar-refractivity contribution is 6.28. The van der Waals surface area contributed by atoms with Gasteiger partial charge in [0.05, 0.1) is 29.8 Å². The zero-order valence-corrected chi connectivity index (χ0v) is 20.2. The summed E-state index contributed by atoms with van der Waals surface area (Å²) in [7, 11) is 1.56. The first-order chi connectivity index (χ1) is 17.1. The molecular formula is C26H31N3O7. The maximum absolute atomic E-state index is 13.8. The molecule has 1 heterocycles. The van der Waals surface area contributed by atoms with E-state index in [0.717, 1.165) is 25.9 Å². The molecule has 10 nitrogen and oxygen atoms in total. The fourth-order valence-electron chi connectivity index (χ4n) is 6.46. The fourth-order valence-corrected chi connectivity index (χ4v) is 6.46. The number of phenols is 1. The summed E-state index contributed by atoms with van der Waals surface area (Å²) in [5.41, 5.74) is -2.02. The molecule has 10 heteroatoms. The van der Waals surface area contributed by atoms with Crippen LogP contribution in [0.3, 0.4) is 0 Å². The Labute approximate surface area is 208 Å². The smallest absolute Gasteiger partial charge is 0.259 e. The SMILES string of the molecule is CNC1C(O)=C(C(=O)NCN2CCCC2)C(=O)C2C(=O)C3=C(O)c4c(O)cccc4C(C)(O)C3CC12. The number of carbonyl (C=O) groups excluding carboxylic acids is 3. The molecule has 2 fully saturated rings. The summed E-state index contributed by atoms with van der Waals surface area (Å²) in [5, 5.41) is 49.6. The number of nitrogens with zero attached hydrogens (tertiary/aromatic N) is 1. The molecule has 0 bridgehead atoms. The van der Waals surface area contributed by atoms with Crippen molar-refractivity contribution in [2.24, 2.45) is 17.8 Å². The minimum Gasteiger partial charge on any atom is -0.510 e. The van der Waals surface area contributed by atoms with Crippen molar-refractivity contribution >= 4 is 23.2 Å². The predicted molar refractivity (Wildman–Crippen MR) is 129 cm³/mol. The maximum Gasteiger partial charge on any atom is 0.259 e. The molecule has 0 spiro atoms. The second-order valence-electron chi connectivity index (χ2n) is 10.3. The second kappa shape index (κ2) is 8.72. The maximum atomic E-state index is 13.8. The van der Waals surface area contributed by atoms with Crippen LogP contribution in [0.1, 0.15) is 37.3 Å². The van der Waals surface area contributed by atoms with E-state index >= 15 is 0 Å². The van der Waals surface area contributed by atoms with Crippen molar-refractivity contribution in [2.75, 3.05) is 26.8 Å². The number of carbonyl (C=O) groups is 3. The Morgan fingerprint density at radius 2 is 1.83 bits per heavy atom. The van der Waals surface area contributed by atoms with Crippen LogP contribution in [-0.2, 0) is 20.0 Å². The van der Waals surface area contributed by atoms with Gasteiger partial charge in [0.1, 0.15) is 22.8 Å². The number of likely N-dealkylation sites (N-methyl/N-ethyl adjacent to an activating group) is 1. The lowest BCUT2D eigenvalue weighted by atomic mass is 9.56. The molecule has 3 aliphatic carbocycles. The highest BCUT2D eigenvalue weighted by Gasteiger charge is 2.59. The van der Waals surface area contributed by atoms with Crippen molar-refractivity contribution in [3.8, 4) is 5.75 Å². The number of fused-ring (bicyclic) bond motifs is 3. The zero-order valence-electron chi connectivity index (χ0n) is 20.2. The van der Waals surface area contributed by atoms with Crippen molar-refractivity contribution < 1.29 is 34.8 Å². The number of aromatic hydroxyl groups is 1. The number of hydrogen-bond acceptors (Lipinski definition) is 9. The van der Waals surface area contributed by atoms with Crippen LogP contribution in [0.5, 0.6) is 5.75 Å². The standard InChI is InChI=1S/C26H31N3O7/c1-26(36)13-6-5-7-15(30)17(13)23(33)18-14(26)10-12-16(21(18)31)22(32)19(24(34)20(12)27-2)25(35)28-11-29-8-3-4-9-29/h5-7,12,14,16,20,27,30,33-34,36H,3-4,8-11H2,1-2H3,(H,28,35). The third kappa shape index (κ3) is 3.47. The number of likely N-dealkylation sites (tertiary alicyclic amines) is 1. The molecule has 1 saturated carbocycles. The molecule has 1 aromatic carbocycles. The van der Waals surface area contributed by atoms with E-state index in [1.165, 1.54) is 19.1 Å². The van der Waals surface area contributed by atoms with Gasteiger partial charge >= 0.3 is 0 Å². The number of rotatable bonds is 4. The van der Waals surface area contributed by atoms with Crippen molar-refractivity contribution in [1.82, 2.24) is 15.5 Å². The molecule has 0 aromatic heterocycles. The van der Waals surface area contributed by atoms with E-state index in [0.29, 0.717) is 0 Å². The van der Waals surface area contributed by atoms with Gasteiger partial charge in [0.2, 0.25) is 0 Å². The van der Waals surface area contributed by atoms with Crippen LogP contribution in [0.15, 0.2) is 35.1 Å². The molecule has 5 rings (SSSR count). The number of Topliss-reactive ketones (excluding diaryl/α,β-unsaturated/α-hetero) is 2. The van der Waals surface area contributed by atoms with E-state index in [9.17, 15) is 34.8 Å². The lowest BCUT2D eigenvalue weighted by Gasteiger charge is -2.48. The van der Waals surface area contributed by atoms with Gasteiger partial charge in [-0.1, -0.05) is 12.1 Å². The monoisotopic (exact) mass is 497 g/mol. The average molecular weight is 498 g/mol. The van der Waals surface area contributed by atoms with E-state index in [1.54, 1.807) is 13.1 Å². The van der Waals surface area contributed by atoms with Crippen LogP contribution in [0.25, 0.3) is 5.76 Å². The summed E-state index contributed by atoms with van der Waals surface area (Å²) in [5.74, 6) is -6.46. The molecule has 5 atom stereocenters. The summed E-state index contributed by atoms with van der Waals surface area (Å²) in [4.78, 5) is 42.5. The lowest BCUT2D eigenvalue weighted by molar-refractivity contribution is -0.139. The van der Waals surface area contributed by atoms with E-state index in [4.69, 9.17) is 0 Å². The molecule has 36 heavy (non-hydrogen) atoms. The van der Waals surface area contributed by atoms with E-state index in [-0.39, 0.29) is 35.5 Å². The Bertz CT molecular complexity index is 1210. The van der Waals surface area contributed by atoms with Crippen LogP contribution in [0.2, 0.25) is 0 Å². The summed E-state index contributed by atoms with van der Waals surface area (Å²) in [6.07, 6.45) is 2.12. The number of benzene rings is 1. The van der Waals surface area contributed by atoms with Gasteiger partial charge in [-0.05, 0) is 63.9 Å². The molecule has 6 N–H and O–H groups in total. The molecule has 1 aromatic rings. The topological polar surface area (TPSA) is 159 Å². The predicted octanol–water partition coefficient (Wildman–Crippen LogP) is 0.856. The van der Waals surface area contributed by atoms with E-state index in [2.05, 4.69) is 10.6 Å². The van der Waals surface area contributed by atoms with Gasteiger partial charge in [0.15, 0.2) is 11.6 Å². The largest absolute Gasteiger partial charge is 0.510 e. The first kappa shape index (κ1) is 24.5. The van der Waals surface area contributed by atoms with Gasteiger partial charge in [-0.2, -0.15) is 0 Å². The zero-order chi connectivity index (χ0) is 25.9. The summed E-state index contributed by atoms with van der Waals surface area (Å²) >= 11 is 0. The summed E-state index contributed by atoms with van der Waals surface area (Å²) < 4.78 is 0.